The molecule has 7 heteroatoms. The maximum Gasteiger partial charge on any atom is 0.251 e. The number of thiophene rings is 1. The molecule has 0 radical (unpaired) electrons. The Morgan fingerprint density at radius 1 is 1.27 bits per heavy atom. The van der Waals surface area contributed by atoms with E-state index in [1.165, 1.54) is 18.2 Å². The van der Waals surface area contributed by atoms with Crippen LogP contribution in [0.25, 0.3) is 0 Å². The summed E-state index contributed by atoms with van der Waals surface area (Å²) in [6.07, 6.45) is 1.46. The number of rotatable bonds is 7. The predicted octanol–water partition coefficient (Wildman–Crippen LogP) is 3.73. The molecule has 1 heterocycles. The van der Waals surface area contributed by atoms with Crippen LogP contribution in [0.1, 0.15) is 42.0 Å². The summed E-state index contributed by atoms with van der Waals surface area (Å²) in [5, 5.41) is 5.01. The zero-order chi connectivity index (χ0) is 19.4. The molecule has 1 unspecified atom stereocenters. The van der Waals surface area contributed by atoms with Gasteiger partial charge in [-0.3, -0.25) is 4.79 Å². The summed E-state index contributed by atoms with van der Waals surface area (Å²) in [6, 6.07) is 9.78. The van der Waals surface area contributed by atoms with Gasteiger partial charge in [0.05, 0.1) is 10.9 Å². The second-order valence-corrected chi connectivity index (χ2v) is 9.70. The van der Waals surface area contributed by atoms with Crippen LogP contribution in [0, 0.1) is 5.41 Å². The van der Waals surface area contributed by atoms with Gasteiger partial charge < -0.3 is 5.32 Å². The highest BCUT2D eigenvalue weighted by atomic mass is 32.2. The third kappa shape index (κ3) is 5.03. The van der Waals surface area contributed by atoms with Crippen LogP contribution in [0.3, 0.4) is 0 Å². The number of carbonyl (C=O) groups is 1. The average Bonchev–Trinajstić information content (AvgIpc) is 3.10. The fraction of sp³-hybridized carbons (Fsp3) is 0.316. The van der Waals surface area contributed by atoms with Crippen LogP contribution in [0.2, 0.25) is 0 Å². The third-order valence-electron chi connectivity index (χ3n) is 3.79. The Labute approximate surface area is 159 Å². The number of carbonyl (C=O) groups excluding carboxylic acids is 1. The molecular weight excluding hydrogens is 368 g/mol. The van der Waals surface area contributed by atoms with Gasteiger partial charge in [0.1, 0.15) is 0 Å². The summed E-state index contributed by atoms with van der Waals surface area (Å²) >= 11 is 1.58. The summed E-state index contributed by atoms with van der Waals surface area (Å²) < 4.78 is 26.9. The fourth-order valence-electron chi connectivity index (χ4n) is 2.44. The molecule has 2 rings (SSSR count). The fourth-order valence-corrected chi connectivity index (χ4v) is 4.50. The van der Waals surface area contributed by atoms with E-state index in [1.807, 2.05) is 17.5 Å². The molecule has 0 fully saturated rings. The van der Waals surface area contributed by atoms with Gasteiger partial charge in [-0.2, -0.15) is 0 Å². The molecule has 5 nitrogen and oxygen atoms in total. The van der Waals surface area contributed by atoms with E-state index in [9.17, 15) is 13.2 Å². The molecule has 140 valence electrons. The first-order chi connectivity index (χ1) is 12.1. The summed E-state index contributed by atoms with van der Waals surface area (Å²) in [7, 11) is -3.68. The minimum Gasteiger partial charge on any atom is -0.344 e. The highest BCUT2D eigenvalue weighted by molar-refractivity contribution is 7.89. The summed E-state index contributed by atoms with van der Waals surface area (Å²) in [6.45, 7) is 9.78. The first-order valence-corrected chi connectivity index (χ1v) is 10.6. The van der Waals surface area contributed by atoms with E-state index in [2.05, 4.69) is 37.4 Å². The van der Waals surface area contributed by atoms with Crippen LogP contribution in [0.4, 0.5) is 0 Å². The summed E-state index contributed by atoms with van der Waals surface area (Å²) in [5.41, 5.74) is 0.118. The Kier molecular flexibility index (Phi) is 6.39. The lowest BCUT2D eigenvalue weighted by atomic mass is 9.85. The molecule has 0 saturated carbocycles. The molecule has 0 spiro atoms. The first kappa shape index (κ1) is 20.4. The van der Waals surface area contributed by atoms with Crippen molar-refractivity contribution in [3.8, 4) is 0 Å². The van der Waals surface area contributed by atoms with Crippen molar-refractivity contribution in [3.05, 3.63) is 64.9 Å². The number of sulfonamides is 1. The van der Waals surface area contributed by atoms with Gasteiger partial charge in [0.25, 0.3) is 5.91 Å². The van der Waals surface area contributed by atoms with Crippen molar-refractivity contribution >= 4 is 27.3 Å². The Morgan fingerprint density at radius 3 is 2.58 bits per heavy atom. The Hall–Kier alpha value is -1.96. The van der Waals surface area contributed by atoms with Gasteiger partial charge >= 0.3 is 0 Å². The highest BCUT2D eigenvalue weighted by Gasteiger charge is 2.29. The smallest absolute Gasteiger partial charge is 0.251 e. The molecule has 0 aliphatic heterocycles. The predicted molar refractivity (Wildman–Crippen MR) is 106 cm³/mol. The molecule has 0 aliphatic carbocycles. The lowest BCUT2D eigenvalue weighted by Crippen LogP contribution is -2.36. The zero-order valence-corrected chi connectivity index (χ0v) is 16.8. The molecule has 26 heavy (non-hydrogen) atoms. The first-order valence-electron chi connectivity index (χ1n) is 8.20. The zero-order valence-electron chi connectivity index (χ0n) is 15.2. The van der Waals surface area contributed by atoms with E-state index >= 15 is 0 Å². The van der Waals surface area contributed by atoms with Crippen molar-refractivity contribution in [1.29, 1.82) is 0 Å². The van der Waals surface area contributed by atoms with E-state index < -0.39 is 10.0 Å². The minimum absolute atomic E-state index is 0.0513. The van der Waals surface area contributed by atoms with E-state index in [4.69, 9.17) is 0 Å². The maximum absolute atomic E-state index is 12.8. The number of hydrogen-bond acceptors (Lipinski definition) is 4. The lowest BCUT2D eigenvalue weighted by molar-refractivity contribution is 0.0903. The van der Waals surface area contributed by atoms with Crippen LogP contribution in [-0.2, 0) is 10.0 Å². The van der Waals surface area contributed by atoms with Crippen molar-refractivity contribution in [2.45, 2.75) is 31.7 Å². The van der Waals surface area contributed by atoms with Crippen LogP contribution in [0.5, 0.6) is 0 Å². The largest absolute Gasteiger partial charge is 0.344 e. The van der Waals surface area contributed by atoms with Gasteiger partial charge in [0, 0.05) is 17.0 Å². The summed E-state index contributed by atoms with van der Waals surface area (Å²) in [5.74, 6) is -0.306. The van der Waals surface area contributed by atoms with Gasteiger partial charge in [-0.15, -0.1) is 17.9 Å². The van der Waals surface area contributed by atoms with E-state index in [0.29, 0.717) is 5.56 Å². The van der Waals surface area contributed by atoms with Crippen LogP contribution >= 0.6 is 11.3 Å². The standard InChI is InChI=1S/C19H24N2O3S2/c1-5-11-20-26(23,24)15-9-6-8-14(13-15)18(22)21-17(19(2,3)4)16-10-7-12-25-16/h5-10,12-13,17,20H,1,11H2,2-4H3,(H,21,22). The van der Waals surface area contributed by atoms with Crippen molar-refractivity contribution in [2.75, 3.05) is 6.54 Å². The molecule has 1 amide bonds. The minimum atomic E-state index is -3.68. The lowest BCUT2D eigenvalue weighted by Gasteiger charge is -2.30. The van der Waals surface area contributed by atoms with Crippen LogP contribution in [-0.4, -0.2) is 20.9 Å². The molecule has 2 N–H and O–H groups in total. The Bertz CT molecular complexity index is 866. The second kappa shape index (κ2) is 8.16. The Morgan fingerprint density at radius 2 is 2.00 bits per heavy atom. The molecule has 1 atom stereocenters. The number of nitrogens with one attached hydrogen (secondary N) is 2. The van der Waals surface area contributed by atoms with Gasteiger partial charge in [0.2, 0.25) is 10.0 Å². The molecule has 0 bridgehead atoms. The van der Waals surface area contributed by atoms with Gasteiger partial charge in [-0.25, -0.2) is 13.1 Å². The van der Waals surface area contributed by atoms with Crippen molar-refractivity contribution in [3.63, 3.8) is 0 Å². The highest BCUT2D eigenvalue weighted by Crippen LogP contribution is 2.35. The molecule has 0 aliphatic rings. The maximum atomic E-state index is 12.8. The second-order valence-electron chi connectivity index (χ2n) is 6.96. The van der Waals surface area contributed by atoms with Crippen LogP contribution < -0.4 is 10.0 Å². The number of amides is 1. The summed E-state index contributed by atoms with van der Waals surface area (Å²) in [4.78, 5) is 13.9. The monoisotopic (exact) mass is 392 g/mol. The van der Waals surface area contributed by atoms with Crippen molar-refractivity contribution in [1.82, 2.24) is 10.0 Å². The van der Waals surface area contributed by atoms with Gasteiger partial charge in [0.15, 0.2) is 0 Å². The molecular formula is C19H24N2O3S2. The quantitative estimate of drug-likeness (QED) is 0.705. The van der Waals surface area contributed by atoms with E-state index in [0.717, 1.165) is 4.88 Å². The van der Waals surface area contributed by atoms with Crippen LogP contribution in [0.15, 0.2) is 59.3 Å². The van der Waals surface area contributed by atoms with Crippen molar-refractivity contribution < 1.29 is 13.2 Å². The Balaban J connectivity index is 2.27. The number of benzene rings is 1. The normalized spacial score (nSPS) is 13.2. The van der Waals surface area contributed by atoms with E-state index in [1.54, 1.807) is 23.5 Å². The van der Waals surface area contributed by atoms with E-state index in [-0.39, 0.29) is 28.8 Å². The van der Waals surface area contributed by atoms with Gasteiger partial charge in [-0.1, -0.05) is 39.0 Å². The molecule has 1 aromatic carbocycles. The number of hydrogen-bond donors (Lipinski definition) is 2. The molecule has 1 aromatic heterocycles. The molecule has 0 saturated heterocycles. The molecule has 2 aromatic rings. The van der Waals surface area contributed by atoms with Crippen molar-refractivity contribution in [2.24, 2.45) is 5.41 Å². The third-order valence-corrected chi connectivity index (χ3v) is 6.15. The average molecular weight is 393 g/mol. The SMILES string of the molecule is C=CCNS(=O)(=O)c1cccc(C(=O)NC(c2cccs2)C(C)(C)C)c1. The topological polar surface area (TPSA) is 75.3 Å². The van der Waals surface area contributed by atoms with Gasteiger partial charge in [-0.05, 0) is 35.1 Å².